The van der Waals surface area contributed by atoms with E-state index in [1.54, 1.807) is 0 Å². The molecule has 0 atom stereocenters. The first-order chi connectivity index (χ1) is 11.5. The molecule has 0 unspecified atom stereocenters. The summed E-state index contributed by atoms with van der Waals surface area (Å²) in [5.74, 6) is -0.266. The van der Waals surface area contributed by atoms with E-state index < -0.39 is 50.4 Å². The Bertz CT molecular complexity index is 588. The molecule has 0 aromatic carbocycles. The van der Waals surface area contributed by atoms with Crippen LogP contribution in [0.25, 0.3) is 0 Å². The van der Waals surface area contributed by atoms with Gasteiger partial charge in [-0.1, -0.05) is 0 Å². The molecule has 0 amide bonds. The highest BCUT2D eigenvalue weighted by Crippen LogP contribution is 2.37. The number of aromatic nitrogens is 2. The smallest absolute Gasteiger partial charge is 0.472 e. The number of rotatable bonds is 7. The average molecular weight is 366 g/mol. The average Bonchev–Trinajstić information content (AvgIpc) is 2.71. The monoisotopic (exact) mass is 366 g/mol. The third kappa shape index (κ3) is 4.72. The van der Waals surface area contributed by atoms with Crippen molar-refractivity contribution in [2.45, 2.75) is 51.7 Å². The van der Waals surface area contributed by atoms with E-state index in [0.717, 1.165) is 0 Å². The molecule has 140 valence electrons. The van der Waals surface area contributed by atoms with Gasteiger partial charge in [-0.25, -0.2) is 22.5 Å². The van der Waals surface area contributed by atoms with Crippen molar-refractivity contribution in [3.05, 3.63) is 6.20 Å². The van der Waals surface area contributed by atoms with Crippen molar-refractivity contribution < 1.29 is 36.3 Å². The van der Waals surface area contributed by atoms with Crippen LogP contribution in [0.2, 0.25) is 0 Å². The van der Waals surface area contributed by atoms with Crippen LogP contribution in [0, 0.1) is 0 Å². The summed E-state index contributed by atoms with van der Waals surface area (Å²) in [5, 5.41) is 0. The minimum Gasteiger partial charge on any atom is -0.472 e. The number of ether oxygens (including phenoxy) is 2. The Morgan fingerprint density at radius 2 is 1.52 bits per heavy atom. The molecule has 11 heteroatoms. The van der Waals surface area contributed by atoms with Crippen LogP contribution >= 0.6 is 0 Å². The van der Waals surface area contributed by atoms with Gasteiger partial charge >= 0.3 is 13.1 Å². The molecular formula is C14H19BF4N2O4. The van der Waals surface area contributed by atoms with E-state index in [4.69, 9.17) is 18.8 Å². The lowest BCUT2D eigenvalue weighted by Crippen LogP contribution is -2.41. The molecular weight excluding hydrogens is 347 g/mol. The predicted octanol–water partition coefficient (Wildman–Crippen LogP) is 2.06. The quantitative estimate of drug-likeness (QED) is 0.544. The Hall–Kier alpha value is -1.62. The third-order valence-corrected chi connectivity index (χ3v) is 3.95. The van der Waals surface area contributed by atoms with Crippen molar-refractivity contribution in [2.24, 2.45) is 0 Å². The molecule has 6 nitrogen and oxygen atoms in total. The zero-order chi connectivity index (χ0) is 18.8. The van der Waals surface area contributed by atoms with Gasteiger partial charge in [-0.15, -0.1) is 0 Å². The Labute approximate surface area is 143 Å². The first kappa shape index (κ1) is 19.7. The molecule has 0 bridgehead atoms. The molecule has 0 aliphatic carbocycles. The van der Waals surface area contributed by atoms with E-state index in [-0.39, 0.29) is 11.3 Å². The maximum atomic E-state index is 12.5. The molecule has 1 saturated heterocycles. The Morgan fingerprint density at radius 1 is 1.00 bits per heavy atom. The molecule has 0 saturated carbocycles. The fraction of sp³-hybridized carbons (Fsp3) is 0.714. The normalized spacial score (nSPS) is 18.9. The summed E-state index contributed by atoms with van der Waals surface area (Å²) < 4.78 is 70.6. The summed E-state index contributed by atoms with van der Waals surface area (Å²) >= 11 is 0. The number of hydrogen-bond acceptors (Lipinski definition) is 6. The molecule has 2 heterocycles. The van der Waals surface area contributed by atoms with Gasteiger partial charge in [0.1, 0.15) is 0 Å². The molecule has 1 aromatic rings. The van der Waals surface area contributed by atoms with Gasteiger partial charge < -0.3 is 18.8 Å². The number of alkyl halides is 4. The van der Waals surface area contributed by atoms with Crippen LogP contribution in [0.5, 0.6) is 11.9 Å². The van der Waals surface area contributed by atoms with E-state index in [9.17, 15) is 17.6 Å². The molecule has 1 aliphatic heterocycles. The van der Waals surface area contributed by atoms with E-state index in [2.05, 4.69) is 9.97 Å². The Balaban J connectivity index is 2.26. The first-order valence-corrected chi connectivity index (χ1v) is 7.56. The molecule has 2 rings (SSSR count). The van der Waals surface area contributed by atoms with Crippen molar-refractivity contribution in [1.29, 1.82) is 0 Å². The minimum absolute atomic E-state index is 0.170. The fourth-order valence-corrected chi connectivity index (χ4v) is 1.96. The second kappa shape index (κ2) is 7.32. The number of nitrogens with zero attached hydrogens (tertiary/aromatic N) is 2. The van der Waals surface area contributed by atoms with Gasteiger partial charge in [-0.2, -0.15) is 4.98 Å². The van der Waals surface area contributed by atoms with Crippen LogP contribution < -0.4 is 14.9 Å². The number of halogens is 4. The first-order valence-electron chi connectivity index (χ1n) is 7.56. The molecule has 25 heavy (non-hydrogen) atoms. The van der Waals surface area contributed by atoms with Gasteiger partial charge in [0.2, 0.25) is 5.88 Å². The van der Waals surface area contributed by atoms with E-state index in [0.29, 0.717) is 0 Å². The molecule has 0 spiro atoms. The molecule has 0 radical (unpaired) electrons. The van der Waals surface area contributed by atoms with Gasteiger partial charge in [0, 0.05) is 6.20 Å². The highest BCUT2D eigenvalue weighted by molar-refractivity contribution is 6.63. The predicted molar refractivity (Wildman–Crippen MR) is 80.7 cm³/mol. The van der Waals surface area contributed by atoms with Gasteiger partial charge in [0.15, 0.2) is 13.2 Å². The zero-order valence-electron chi connectivity index (χ0n) is 14.3. The maximum absolute atomic E-state index is 12.5. The lowest BCUT2D eigenvalue weighted by Gasteiger charge is -2.32. The van der Waals surface area contributed by atoms with Crippen LogP contribution in [0.3, 0.4) is 0 Å². The van der Waals surface area contributed by atoms with Gasteiger partial charge in [0.25, 0.3) is 12.9 Å². The molecule has 1 aliphatic rings. The van der Waals surface area contributed by atoms with Crippen molar-refractivity contribution >= 4 is 12.6 Å². The molecule has 0 N–H and O–H groups in total. The lowest BCUT2D eigenvalue weighted by atomic mass is 9.81. The maximum Gasteiger partial charge on any atom is 0.502 e. The van der Waals surface area contributed by atoms with Crippen molar-refractivity contribution in [3.63, 3.8) is 0 Å². The van der Waals surface area contributed by atoms with Crippen LogP contribution in [0.1, 0.15) is 27.7 Å². The van der Waals surface area contributed by atoms with Crippen LogP contribution in [-0.4, -0.2) is 54.4 Å². The summed E-state index contributed by atoms with van der Waals surface area (Å²) in [5.41, 5.74) is -1.19. The summed E-state index contributed by atoms with van der Waals surface area (Å²) in [6, 6.07) is -0.412. The van der Waals surface area contributed by atoms with Crippen LogP contribution in [0.15, 0.2) is 6.20 Å². The summed E-state index contributed by atoms with van der Waals surface area (Å²) in [6.07, 6.45) is -4.28. The summed E-state index contributed by atoms with van der Waals surface area (Å²) in [4.78, 5) is 7.56. The van der Waals surface area contributed by atoms with Crippen molar-refractivity contribution in [1.82, 2.24) is 9.97 Å². The van der Waals surface area contributed by atoms with E-state index in [1.165, 1.54) is 6.20 Å². The summed E-state index contributed by atoms with van der Waals surface area (Å²) in [6.45, 7) is 5.39. The van der Waals surface area contributed by atoms with Crippen LogP contribution in [-0.2, 0) is 9.31 Å². The standard InChI is InChI=1S/C14H19BF4N2O4/c1-13(2)14(3,4)25-15(24-13)8-5-20-12(23-7-10(18)19)21-11(8)22-6-9(16)17/h5,9-10H,6-7H2,1-4H3. The van der Waals surface area contributed by atoms with Crippen molar-refractivity contribution in [2.75, 3.05) is 13.2 Å². The second-order valence-corrected chi connectivity index (χ2v) is 6.41. The highest BCUT2D eigenvalue weighted by Gasteiger charge is 2.53. The minimum atomic E-state index is -2.74. The van der Waals surface area contributed by atoms with Crippen molar-refractivity contribution in [3.8, 4) is 11.9 Å². The number of hydrogen-bond donors (Lipinski definition) is 0. The van der Waals surface area contributed by atoms with Gasteiger partial charge in [0.05, 0.1) is 16.7 Å². The van der Waals surface area contributed by atoms with Gasteiger partial charge in [-0.3, -0.25) is 0 Å². The van der Waals surface area contributed by atoms with Crippen LogP contribution in [0.4, 0.5) is 17.6 Å². The van der Waals surface area contributed by atoms with Gasteiger partial charge in [-0.05, 0) is 27.7 Å². The largest absolute Gasteiger partial charge is 0.502 e. The second-order valence-electron chi connectivity index (χ2n) is 6.41. The summed E-state index contributed by atoms with van der Waals surface area (Å²) in [7, 11) is -0.957. The Kier molecular flexibility index (Phi) is 5.77. The third-order valence-electron chi connectivity index (χ3n) is 3.95. The van der Waals surface area contributed by atoms with E-state index in [1.807, 2.05) is 27.7 Å². The SMILES string of the molecule is CC1(C)OB(c2cnc(OCC(F)F)nc2OCC(F)F)OC1(C)C. The zero-order valence-corrected chi connectivity index (χ0v) is 14.3. The topological polar surface area (TPSA) is 62.7 Å². The van der Waals surface area contributed by atoms with E-state index >= 15 is 0 Å². The molecule has 1 fully saturated rings. The fourth-order valence-electron chi connectivity index (χ4n) is 1.96. The Morgan fingerprint density at radius 3 is 2.04 bits per heavy atom. The highest BCUT2D eigenvalue weighted by atomic mass is 19.3. The lowest BCUT2D eigenvalue weighted by molar-refractivity contribution is 0.00578. The molecule has 1 aromatic heterocycles.